The summed E-state index contributed by atoms with van der Waals surface area (Å²) in [6.07, 6.45) is -4.96. The maximum Gasteiger partial charge on any atom is 0.434 e. The highest BCUT2D eigenvalue weighted by Crippen LogP contribution is 2.48. The summed E-state index contributed by atoms with van der Waals surface area (Å²) in [6.45, 7) is 0. The van der Waals surface area contributed by atoms with E-state index in [0.717, 1.165) is 45.7 Å². The number of hydrogen-bond acceptors (Lipinski definition) is 11. The van der Waals surface area contributed by atoms with Gasteiger partial charge < -0.3 is 26.3 Å². The zero-order chi connectivity index (χ0) is 25.5. The molecule has 2 aromatic rings. The van der Waals surface area contributed by atoms with Crippen LogP contribution in [0.5, 0.6) is 0 Å². The molecule has 11 nitrogen and oxygen atoms in total. The Bertz CT molecular complexity index is 1240. The molecule has 2 saturated heterocycles. The second kappa shape index (κ2) is 9.12. The SMILES string of the molecule is Nc1nc(CC(=O)NC2N3C(=O)C[C@H]3SC(=NO)C2(C=Cc2scnc2C(F)(F)F)C(=O)O)cs1. The van der Waals surface area contributed by atoms with Crippen LogP contribution in [0.15, 0.2) is 22.1 Å². The number of β-lactam (4-membered cyclic amide) rings is 1. The van der Waals surface area contributed by atoms with Crippen molar-refractivity contribution in [2.75, 3.05) is 5.73 Å². The normalized spacial score (nSPS) is 25.5. The number of hydrogen-bond donors (Lipinski definition) is 4. The Kier molecular flexibility index (Phi) is 6.50. The largest absolute Gasteiger partial charge is 0.480 e. The van der Waals surface area contributed by atoms with Crippen molar-refractivity contribution in [3.8, 4) is 0 Å². The molecular weight excluding hydrogens is 533 g/mol. The van der Waals surface area contributed by atoms with E-state index in [9.17, 15) is 37.9 Å². The molecule has 4 rings (SSSR count). The number of aliphatic carboxylic acids is 1. The third kappa shape index (κ3) is 4.45. The van der Waals surface area contributed by atoms with E-state index in [4.69, 9.17) is 5.73 Å². The Hall–Kier alpha value is -3.18. The van der Waals surface area contributed by atoms with Gasteiger partial charge in [0, 0.05) is 5.38 Å². The molecule has 2 amide bonds. The van der Waals surface area contributed by atoms with Crippen molar-refractivity contribution in [3.05, 3.63) is 33.2 Å². The highest BCUT2D eigenvalue weighted by atomic mass is 32.2. The van der Waals surface area contributed by atoms with Crippen LogP contribution in [0.2, 0.25) is 0 Å². The molecule has 2 aliphatic heterocycles. The second-order valence-electron chi connectivity index (χ2n) is 7.38. The van der Waals surface area contributed by atoms with Gasteiger partial charge in [-0.1, -0.05) is 23.0 Å². The van der Waals surface area contributed by atoms with Gasteiger partial charge in [0.05, 0.1) is 34.3 Å². The number of aromatic nitrogens is 2. The molecule has 3 atom stereocenters. The van der Waals surface area contributed by atoms with Gasteiger partial charge in [-0.3, -0.25) is 14.4 Å². The summed E-state index contributed by atoms with van der Waals surface area (Å²) in [7, 11) is 0. The Balaban J connectivity index is 1.76. The number of thiazole rings is 2. The lowest BCUT2D eigenvalue weighted by molar-refractivity contribution is -0.157. The van der Waals surface area contributed by atoms with Crippen LogP contribution in [-0.2, 0) is 27.0 Å². The van der Waals surface area contributed by atoms with Crippen LogP contribution < -0.4 is 11.1 Å². The van der Waals surface area contributed by atoms with Crippen molar-refractivity contribution in [3.63, 3.8) is 0 Å². The standard InChI is InChI=1S/C18H15F3N6O5S3/c19-18(20,21)12-8(34-6-23-12)1-2-17(15(30)31)13(25-9(28)3-7-5-33-16(22)24-7)27-10(29)4-11(27)35-14(17)26-32/h1-2,5-6,11,13,32H,3-4H2,(H2,22,24)(H,25,28)(H,30,31)/t11-,13?,17?/m1/s1. The summed E-state index contributed by atoms with van der Waals surface area (Å²) < 4.78 is 39.8. The number of rotatable bonds is 6. The van der Waals surface area contributed by atoms with Gasteiger partial charge in [0.2, 0.25) is 11.8 Å². The molecule has 2 aromatic heterocycles. The average Bonchev–Trinajstić information content (AvgIpc) is 3.40. The number of oxime groups is 1. The molecule has 5 N–H and O–H groups in total. The van der Waals surface area contributed by atoms with Gasteiger partial charge in [-0.05, 0) is 6.08 Å². The lowest BCUT2D eigenvalue weighted by Gasteiger charge is -2.54. The maximum atomic E-state index is 13.3. The number of nitrogens with one attached hydrogen (secondary N) is 1. The molecule has 2 aliphatic rings. The first kappa shape index (κ1) is 24.9. The molecule has 35 heavy (non-hydrogen) atoms. The number of carboxylic acid groups (broad SMARTS) is 1. The Morgan fingerprint density at radius 2 is 2.14 bits per heavy atom. The van der Waals surface area contributed by atoms with Crippen molar-refractivity contribution in [1.82, 2.24) is 20.2 Å². The molecule has 186 valence electrons. The summed E-state index contributed by atoms with van der Waals surface area (Å²) in [5, 5.41) is 26.1. The predicted octanol–water partition coefficient (Wildman–Crippen LogP) is 2.06. The van der Waals surface area contributed by atoms with Crippen molar-refractivity contribution in [2.45, 2.75) is 30.6 Å². The van der Waals surface area contributed by atoms with E-state index in [1.165, 1.54) is 5.38 Å². The first-order chi connectivity index (χ1) is 16.5. The highest BCUT2D eigenvalue weighted by molar-refractivity contribution is 8.14. The first-order valence-electron chi connectivity index (χ1n) is 9.60. The minimum atomic E-state index is -4.80. The number of carbonyl (C=O) groups is 3. The fourth-order valence-corrected chi connectivity index (χ4v) is 6.28. The third-order valence-corrected chi connectivity index (χ3v) is 8.10. The molecule has 0 aliphatic carbocycles. The Morgan fingerprint density at radius 1 is 1.40 bits per heavy atom. The van der Waals surface area contributed by atoms with E-state index >= 15 is 0 Å². The monoisotopic (exact) mass is 548 g/mol. The van der Waals surface area contributed by atoms with Crippen LogP contribution in [0.1, 0.15) is 22.7 Å². The van der Waals surface area contributed by atoms with Crippen molar-refractivity contribution in [1.29, 1.82) is 0 Å². The van der Waals surface area contributed by atoms with E-state index in [-0.39, 0.29) is 18.0 Å². The molecule has 0 aromatic carbocycles. The summed E-state index contributed by atoms with van der Waals surface area (Å²) in [6, 6.07) is 0. The van der Waals surface area contributed by atoms with E-state index in [0.29, 0.717) is 17.0 Å². The first-order valence-corrected chi connectivity index (χ1v) is 12.2. The number of nitrogens with zero attached hydrogens (tertiary/aromatic N) is 4. The lowest BCUT2D eigenvalue weighted by atomic mass is 9.81. The van der Waals surface area contributed by atoms with Gasteiger partial charge in [0.25, 0.3) is 0 Å². The summed E-state index contributed by atoms with van der Waals surface area (Å²) in [5.41, 5.74) is 3.18. The number of anilines is 1. The van der Waals surface area contributed by atoms with Gasteiger partial charge in [-0.15, -0.1) is 22.7 Å². The Labute approximate surface area is 206 Å². The van der Waals surface area contributed by atoms with E-state index in [2.05, 4.69) is 20.4 Å². The van der Waals surface area contributed by atoms with Crippen LogP contribution in [0.25, 0.3) is 6.08 Å². The van der Waals surface area contributed by atoms with Gasteiger partial charge in [-0.25, -0.2) is 9.97 Å². The topological polar surface area (TPSA) is 171 Å². The molecule has 17 heteroatoms. The van der Waals surface area contributed by atoms with Gasteiger partial charge in [0.15, 0.2) is 16.2 Å². The number of carboxylic acids is 1. The van der Waals surface area contributed by atoms with Crippen LogP contribution >= 0.6 is 34.4 Å². The van der Waals surface area contributed by atoms with Crippen LogP contribution in [0.4, 0.5) is 18.3 Å². The maximum absolute atomic E-state index is 13.3. The smallest absolute Gasteiger partial charge is 0.434 e. The molecule has 0 saturated carbocycles. The predicted molar refractivity (Wildman–Crippen MR) is 120 cm³/mol. The van der Waals surface area contributed by atoms with Crippen LogP contribution in [0.3, 0.4) is 0 Å². The number of fused-ring (bicyclic) bond motifs is 1. The lowest BCUT2D eigenvalue weighted by Crippen LogP contribution is -2.73. The summed E-state index contributed by atoms with van der Waals surface area (Å²) in [4.78, 5) is 45.7. The van der Waals surface area contributed by atoms with E-state index in [1.807, 2.05) is 0 Å². The number of nitrogen functional groups attached to an aromatic ring is 1. The highest BCUT2D eigenvalue weighted by Gasteiger charge is 2.62. The van der Waals surface area contributed by atoms with Crippen molar-refractivity contribution >= 4 is 68.5 Å². The Morgan fingerprint density at radius 3 is 2.71 bits per heavy atom. The molecule has 4 heterocycles. The summed E-state index contributed by atoms with van der Waals surface area (Å²) >= 11 is 2.47. The van der Waals surface area contributed by atoms with Gasteiger partial charge in [-0.2, -0.15) is 13.2 Å². The fraction of sp³-hybridized carbons (Fsp3) is 0.333. The number of amides is 2. The quantitative estimate of drug-likeness (QED) is 0.240. The zero-order valence-corrected chi connectivity index (χ0v) is 19.7. The number of carbonyl (C=O) groups excluding carboxylic acids is 2. The van der Waals surface area contributed by atoms with Crippen LogP contribution in [0, 0.1) is 5.41 Å². The number of halogens is 3. The minimum absolute atomic E-state index is 0.00877. The van der Waals surface area contributed by atoms with Crippen molar-refractivity contribution in [2.24, 2.45) is 10.6 Å². The molecule has 0 bridgehead atoms. The summed E-state index contributed by atoms with van der Waals surface area (Å²) in [5.74, 6) is -2.88. The number of alkyl halides is 3. The molecule has 0 radical (unpaired) electrons. The van der Waals surface area contributed by atoms with Gasteiger partial charge in [0.1, 0.15) is 11.2 Å². The molecule has 2 unspecified atom stereocenters. The number of thioether (sulfide) groups is 1. The van der Waals surface area contributed by atoms with E-state index in [1.54, 1.807) is 0 Å². The second-order valence-corrected chi connectivity index (χ2v) is 10.3. The number of nitrogens with two attached hydrogens (primary N) is 1. The van der Waals surface area contributed by atoms with Gasteiger partial charge >= 0.3 is 12.1 Å². The molecule has 0 spiro atoms. The van der Waals surface area contributed by atoms with Crippen LogP contribution in [-0.4, -0.2) is 59.5 Å². The van der Waals surface area contributed by atoms with Crippen molar-refractivity contribution < 1.29 is 37.9 Å². The molecule has 2 fully saturated rings. The minimum Gasteiger partial charge on any atom is -0.480 e. The molecular formula is C18H15F3N6O5S3. The average molecular weight is 549 g/mol. The fourth-order valence-electron chi connectivity index (χ4n) is 3.67. The zero-order valence-electron chi connectivity index (χ0n) is 17.2. The van der Waals surface area contributed by atoms with E-state index < -0.39 is 56.5 Å². The third-order valence-electron chi connectivity index (χ3n) is 5.27.